The third-order valence-corrected chi connectivity index (χ3v) is 7.25. The maximum atomic E-state index is 13.0. The molecule has 3 amide bonds. The maximum Gasteiger partial charge on any atom is 0.517 e. The summed E-state index contributed by atoms with van der Waals surface area (Å²) in [6, 6.07) is 8.73. The molecule has 0 aliphatic carbocycles. The number of ether oxygens (including phenoxy) is 3. The average Bonchev–Trinajstić information content (AvgIpc) is 2.81. The quantitative estimate of drug-likeness (QED) is 0.252. The van der Waals surface area contributed by atoms with Crippen LogP contribution in [0, 0.1) is 0 Å². The summed E-state index contributed by atoms with van der Waals surface area (Å²) < 4.78 is 39.8. The van der Waals surface area contributed by atoms with Gasteiger partial charge in [0, 0.05) is 26.3 Å². The van der Waals surface area contributed by atoms with Crippen LogP contribution in [0.25, 0.3) is 0 Å². The molecule has 0 aromatic heterocycles. The highest BCUT2D eigenvalue weighted by atomic mass is 32.2. The number of likely N-dealkylation sites (N-methyl/N-ethyl adjacent to an activating group) is 1. The lowest BCUT2D eigenvalue weighted by Crippen LogP contribution is -2.71. The third-order valence-electron chi connectivity index (χ3n) is 5.31. The number of methoxy groups -OCH3 is 1. The van der Waals surface area contributed by atoms with E-state index in [0.717, 1.165) is 24.6 Å². The van der Waals surface area contributed by atoms with Gasteiger partial charge in [-0.25, -0.2) is 18.0 Å². The second-order valence-electron chi connectivity index (χ2n) is 7.84. The van der Waals surface area contributed by atoms with E-state index in [2.05, 4.69) is 10.1 Å². The Morgan fingerprint density at radius 1 is 1.19 bits per heavy atom. The minimum Gasteiger partial charge on any atom is -0.480 e. The van der Waals surface area contributed by atoms with Gasteiger partial charge in [-0.05, 0) is 5.56 Å². The van der Waals surface area contributed by atoms with Gasteiger partial charge in [-0.1, -0.05) is 30.3 Å². The fraction of sp³-hybridized carbons (Fsp3) is 0.381. The Hall–Kier alpha value is -3.98. The molecule has 3 rings (SSSR count). The zero-order valence-electron chi connectivity index (χ0n) is 19.2. The molecule has 1 fully saturated rings. The minimum absolute atomic E-state index is 0.0596. The predicted molar refractivity (Wildman–Crippen MR) is 119 cm³/mol. The summed E-state index contributed by atoms with van der Waals surface area (Å²) in [5.74, 6) is -3.94. The van der Waals surface area contributed by atoms with Crippen LogP contribution in [0.5, 0.6) is 0 Å². The van der Waals surface area contributed by atoms with Gasteiger partial charge in [-0.3, -0.25) is 19.3 Å². The number of benzene rings is 1. The zero-order valence-corrected chi connectivity index (χ0v) is 20.0. The highest BCUT2D eigenvalue weighted by Crippen LogP contribution is 2.38. The number of hydrogen-bond acceptors (Lipinski definition) is 10. The molecule has 0 spiro atoms. The number of alkyl carbamates (subject to hydrolysis) is 1. The van der Waals surface area contributed by atoms with Gasteiger partial charge in [0.25, 0.3) is 11.8 Å². The second-order valence-corrected chi connectivity index (χ2v) is 9.93. The van der Waals surface area contributed by atoms with Crippen LogP contribution < -0.4 is 5.32 Å². The number of fused-ring (bicyclic) bond motifs is 1. The number of sulfone groups is 1. The normalized spacial score (nSPS) is 20.1. The first-order valence-corrected chi connectivity index (χ1v) is 12.1. The molecule has 2 aliphatic heterocycles. The molecule has 1 aromatic carbocycles. The fourth-order valence-corrected chi connectivity index (χ4v) is 5.70. The monoisotopic (exact) mass is 525 g/mol. The number of nitrogens with zero attached hydrogens (tertiary/aromatic N) is 2. The molecule has 36 heavy (non-hydrogen) atoms. The molecule has 194 valence electrons. The highest BCUT2D eigenvalue weighted by Gasteiger charge is 2.60. The molecular formula is C21H23N3O11S. The SMILES string of the molecule is CO[C@H]1C(=O)N2C(C(=O)N(C)CC(=O)O)=C(COC(=O)OC(=O)NCc3ccccc3)CS(=O)(=O)[C@H]12. The lowest BCUT2D eigenvalue weighted by atomic mass is 10.0. The molecule has 0 unspecified atom stereocenters. The van der Waals surface area contributed by atoms with Crippen molar-refractivity contribution in [2.75, 3.05) is 33.1 Å². The van der Waals surface area contributed by atoms with Gasteiger partial charge in [0.1, 0.15) is 18.8 Å². The Bertz CT molecular complexity index is 1210. The molecule has 0 radical (unpaired) electrons. The van der Waals surface area contributed by atoms with E-state index in [1.165, 1.54) is 0 Å². The summed E-state index contributed by atoms with van der Waals surface area (Å²) >= 11 is 0. The van der Waals surface area contributed by atoms with Crippen LogP contribution in [0.15, 0.2) is 41.6 Å². The Balaban J connectivity index is 1.75. The molecule has 14 nitrogen and oxygen atoms in total. The van der Waals surface area contributed by atoms with Crippen molar-refractivity contribution in [3.63, 3.8) is 0 Å². The van der Waals surface area contributed by atoms with Crippen LogP contribution in [0.4, 0.5) is 9.59 Å². The van der Waals surface area contributed by atoms with Crippen LogP contribution in [0.3, 0.4) is 0 Å². The molecule has 2 N–H and O–H groups in total. The number of carboxylic acids is 1. The van der Waals surface area contributed by atoms with Gasteiger partial charge in [-0.2, -0.15) is 0 Å². The zero-order chi connectivity index (χ0) is 26.6. The van der Waals surface area contributed by atoms with Crippen LogP contribution in [0.1, 0.15) is 5.56 Å². The van der Waals surface area contributed by atoms with Crippen LogP contribution in [0.2, 0.25) is 0 Å². The van der Waals surface area contributed by atoms with E-state index in [0.29, 0.717) is 4.90 Å². The maximum absolute atomic E-state index is 13.0. The summed E-state index contributed by atoms with van der Waals surface area (Å²) in [6.07, 6.45) is -3.96. The number of carbonyl (C=O) groups is 5. The number of amides is 3. The van der Waals surface area contributed by atoms with Gasteiger partial charge >= 0.3 is 18.2 Å². The first-order chi connectivity index (χ1) is 17.0. The highest BCUT2D eigenvalue weighted by molar-refractivity contribution is 7.92. The standard InChI is InChI=1S/C21H23N3O11S/c1-23(9-14(25)26)17(27)15-13(11-36(31,32)19-16(33-2)18(28)24(15)19)10-34-21(30)35-20(29)22-8-12-6-4-3-5-7-12/h3-7,16,19H,8-11H2,1-2H3,(H,22,29)(H,25,26)/t16-,19+/m0/s1. The number of β-lactam (4-membered cyclic amide) rings is 1. The molecule has 0 bridgehead atoms. The molecule has 2 aliphatic rings. The van der Waals surface area contributed by atoms with Crippen molar-refractivity contribution >= 4 is 39.9 Å². The smallest absolute Gasteiger partial charge is 0.480 e. The van der Waals surface area contributed by atoms with E-state index < -0.39 is 75.9 Å². The number of carboxylic acid groups (broad SMARTS) is 1. The van der Waals surface area contributed by atoms with E-state index in [1.807, 2.05) is 0 Å². The summed E-state index contributed by atoms with van der Waals surface area (Å²) in [7, 11) is -1.79. The topological polar surface area (TPSA) is 186 Å². The predicted octanol–water partition coefficient (Wildman–Crippen LogP) is -0.542. The van der Waals surface area contributed by atoms with Gasteiger partial charge in [0.2, 0.25) is 0 Å². The first kappa shape index (κ1) is 26.6. The van der Waals surface area contributed by atoms with Crippen LogP contribution in [-0.2, 0) is 45.0 Å². The lowest BCUT2D eigenvalue weighted by Gasteiger charge is -2.49. The van der Waals surface area contributed by atoms with Crippen LogP contribution in [-0.4, -0.2) is 97.9 Å². The summed E-state index contributed by atoms with van der Waals surface area (Å²) in [4.78, 5) is 61.8. The van der Waals surface area contributed by atoms with Crippen molar-refractivity contribution < 1.29 is 51.7 Å². The Morgan fingerprint density at radius 3 is 2.47 bits per heavy atom. The number of hydrogen-bond donors (Lipinski definition) is 2. The summed E-state index contributed by atoms with van der Waals surface area (Å²) in [5.41, 5.74) is -0.00612. The molecule has 15 heteroatoms. The van der Waals surface area contributed by atoms with E-state index in [-0.39, 0.29) is 12.1 Å². The minimum atomic E-state index is -4.07. The van der Waals surface area contributed by atoms with E-state index in [4.69, 9.17) is 14.6 Å². The third kappa shape index (κ3) is 5.63. The Labute approximate surface area is 205 Å². The van der Waals surface area contributed by atoms with Crippen molar-refractivity contribution in [1.29, 1.82) is 0 Å². The fourth-order valence-electron chi connectivity index (χ4n) is 3.69. The number of carbonyl (C=O) groups excluding carboxylic acids is 4. The van der Waals surface area contributed by atoms with Crippen molar-refractivity contribution in [2.24, 2.45) is 0 Å². The molecule has 2 atom stereocenters. The van der Waals surface area contributed by atoms with Crippen molar-refractivity contribution in [2.45, 2.75) is 18.0 Å². The number of nitrogens with one attached hydrogen (secondary N) is 1. The largest absolute Gasteiger partial charge is 0.517 e. The van der Waals surface area contributed by atoms with Crippen molar-refractivity contribution in [3.8, 4) is 0 Å². The molecule has 1 aromatic rings. The second kappa shape index (κ2) is 10.7. The van der Waals surface area contributed by atoms with Gasteiger partial charge < -0.3 is 29.5 Å². The van der Waals surface area contributed by atoms with Gasteiger partial charge in [0.05, 0.1) is 5.75 Å². The van der Waals surface area contributed by atoms with E-state index >= 15 is 0 Å². The Kier molecular flexibility index (Phi) is 7.94. The van der Waals surface area contributed by atoms with Crippen LogP contribution >= 0.6 is 0 Å². The van der Waals surface area contributed by atoms with Gasteiger partial charge in [0.15, 0.2) is 21.3 Å². The lowest BCUT2D eigenvalue weighted by molar-refractivity contribution is -0.161. The summed E-state index contributed by atoms with van der Waals surface area (Å²) in [5, 5.41) is 9.82. The van der Waals surface area contributed by atoms with Crippen molar-refractivity contribution in [1.82, 2.24) is 15.1 Å². The first-order valence-electron chi connectivity index (χ1n) is 10.4. The molecule has 0 saturated carbocycles. The molecular weight excluding hydrogens is 502 g/mol. The van der Waals surface area contributed by atoms with E-state index in [9.17, 15) is 32.4 Å². The molecule has 1 saturated heterocycles. The van der Waals surface area contributed by atoms with E-state index in [1.54, 1.807) is 30.3 Å². The number of rotatable bonds is 8. The average molecular weight is 525 g/mol. The van der Waals surface area contributed by atoms with Gasteiger partial charge in [-0.15, -0.1) is 0 Å². The number of aliphatic carboxylic acids is 1. The Morgan fingerprint density at radius 2 is 1.86 bits per heavy atom. The summed E-state index contributed by atoms with van der Waals surface area (Å²) in [6.45, 7) is -1.50. The van der Waals surface area contributed by atoms with Crippen molar-refractivity contribution in [3.05, 3.63) is 47.2 Å². The molecule has 2 heterocycles.